The molecule has 1 rings (SSSR count). The summed E-state index contributed by atoms with van der Waals surface area (Å²) in [6, 6.07) is 3.00. The lowest BCUT2D eigenvalue weighted by Gasteiger charge is -2.42. The largest absolute Gasteiger partial charge is 0.542 e. The van der Waals surface area contributed by atoms with Crippen LogP contribution in [0.15, 0.2) is 16.6 Å². The van der Waals surface area contributed by atoms with Crippen molar-refractivity contribution in [1.29, 1.82) is 0 Å². The Morgan fingerprint density at radius 1 is 1.10 bits per heavy atom. The molecular formula is C16H26BrFO2Si. The van der Waals surface area contributed by atoms with Gasteiger partial charge in [-0.15, -0.1) is 0 Å². The third-order valence-corrected chi connectivity index (χ3v) is 10.9. The fraction of sp³-hybridized carbons (Fsp3) is 0.625. The van der Waals surface area contributed by atoms with Crippen molar-refractivity contribution < 1.29 is 13.9 Å². The molecule has 1 N–H and O–H groups in total. The Morgan fingerprint density at radius 3 is 1.95 bits per heavy atom. The molecule has 0 amide bonds. The highest BCUT2D eigenvalue weighted by molar-refractivity contribution is 9.10. The van der Waals surface area contributed by atoms with Gasteiger partial charge in [0.25, 0.3) is 8.32 Å². The van der Waals surface area contributed by atoms with Crippen LogP contribution in [0.3, 0.4) is 0 Å². The van der Waals surface area contributed by atoms with E-state index in [1.165, 1.54) is 6.07 Å². The minimum Gasteiger partial charge on any atom is -0.542 e. The summed E-state index contributed by atoms with van der Waals surface area (Å²) in [6.45, 7) is 13.0. The summed E-state index contributed by atoms with van der Waals surface area (Å²) in [4.78, 5) is 0. The third kappa shape index (κ3) is 3.69. The summed E-state index contributed by atoms with van der Waals surface area (Å²) in [6.07, 6.45) is 0. The standard InChI is InChI=1S/C16H26BrFO2Si/c1-10(2)21(11(3)4,12(5)6)20-16-8-14(17)15(18)7-13(16)9-19/h7-8,10-12,19H,9H2,1-6H3. The lowest BCUT2D eigenvalue weighted by atomic mass is 10.2. The maximum atomic E-state index is 13.7. The van der Waals surface area contributed by atoms with Crippen molar-refractivity contribution in [2.24, 2.45) is 0 Å². The molecule has 0 unspecified atom stereocenters. The Balaban J connectivity index is 3.36. The molecule has 0 spiro atoms. The first kappa shape index (κ1) is 18.7. The van der Waals surface area contributed by atoms with Crippen LogP contribution in [0, 0.1) is 5.82 Å². The Bertz CT molecular complexity index is 468. The molecule has 0 saturated heterocycles. The Labute approximate surface area is 137 Å². The maximum Gasteiger partial charge on any atom is 0.258 e. The summed E-state index contributed by atoms with van der Waals surface area (Å²) in [7, 11) is -2.11. The molecule has 0 aliphatic heterocycles. The van der Waals surface area contributed by atoms with E-state index >= 15 is 0 Å². The third-order valence-electron chi connectivity index (χ3n) is 4.27. The second kappa shape index (κ2) is 7.25. The Morgan fingerprint density at radius 2 is 1.57 bits per heavy atom. The Kier molecular flexibility index (Phi) is 6.44. The van der Waals surface area contributed by atoms with Gasteiger partial charge in [-0.3, -0.25) is 0 Å². The van der Waals surface area contributed by atoms with Crippen molar-refractivity contribution in [3.63, 3.8) is 0 Å². The molecule has 0 aromatic heterocycles. The number of benzene rings is 1. The van der Waals surface area contributed by atoms with E-state index in [2.05, 4.69) is 57.5 Å². The van der Waals surface area contributed by atoms with E-state index in [4.69, 9.17) is 4.43 Å². The highest BCUT2D eigenvalue weighted by Crippen LogP contribution is 2.44. The van der Waals surface area contributed by atoms with Gasteiger partial charge in [0.1, 0.15) is 11.6 Å². The van der Waals surface area contributed by atoms with Crippen LogP contribution in [0.2, 0.25) is 16.6 Å². The van der Waals surface area contributed by atoms with E-state index < -0.39 is 8.32 Å². The number of aliphatic hydroxyl groups is 1. The smallest absolute Gasteiger partial charge is 0.258 e. The zero-order valence-corrected chi connectivity index (χ0v) is 16.3. The van der Waals surface area contributed by atoms with Gasteiger partial charge in [0.2, 0.25) is 0 Å². The zero-order chi connectivity index (χ0) is 16.4. The summed E-state index contributed by atoms with van der Waals surface area (Å²) in [5.74, 6) is 0.228. The first-order valence-corrected chi connectivity index (χ1v) is 10.4. The van der Waals surface area contributed by atoms with Crippen LogP contribution in [0.5, 0.6) is 5.75 Å². The van der Waals surface area contributed by atoms with Crippen molar-refractivity contribution in [1.82, 2.24) is 0 Å². The topological polar surface area (TPSA) is 29.5 Å². The van der Waals surface area contributed by atoms with Gasteiger partial charge in [-0.2, -0.15) is 0 Å². The highest BCUT2D eigenvalue weighted by Gasteiger charge is 2.47. The quantitative estimate of drug-likeness (QED) is 0.651. The number of aliphatic hydroxyl groups excluding tert-OH is 1. The molecule has 1 aromatic carbocycles. The minimum atomic E-state index is -2.11. The van der Waals surface area contributed by atoms with Crippen molar-refractivity contribution >= 4 is 24.2 Å². The van der Waals surface area contributed by atoms with Crippen molar-refractivity contribution in [2.75, 3.05) is 0 Å². The predicted molar refractivity (Wildman–Crippen MR) is 91.7 cm³/mol. The predicted octanol–water partition coefficient (Wildman–Crippen LogP) is 5.63. The zero-order valence-electron chi connectivity index (χ0n) is 13.7. The van der Waals surface area contributed by atoms with Gasteiger partial charge in [0.15, 0.2) is 0 Å². The van der Waals surface area contributed by atoms with Gasteiger partial charge in [-0.05, 0) is 44.7 Å². The van der Waals surface area contributed by atoms with Gasteiger partial charge in [0.05, 0.1) is 11.1 Å². The van der Waals surface area contributed by atoms with Crippen LogP contribution in [-0.4, -0.2) is 13.4 Å². The number of rotatable bonds is 6. The van der Waals surface area contributed by atoms with E-state index in [0.29, 0.717) is 32.4 Å². The normalized spacial score (nSPS) is 12.6. The van der Waals surface area contributed by atoms with Crippen LogP contribution in [0.1, 0.15) is 47.1 Å². The van der Waals surface area contributed by atoms with E-state index in [9.17, 15) is 9.50 Å². The fourth-order valence-corrected chi connectivity index (χ4v) is 8.93. The number of hydrogen-bond acceptors (Lipinski definition) is 2. The molecule has 0 aliphatic carbocycles. The molecule has 1 aromatic rings. The van der Waals surface area contributed by atoms with Gasteiger partial charge in [-0.1, -0.05) is 41.5 Å². The maximum absolute atomic E-state index is 13.7. The van der Waals surface area contributed by atoms with Crippen LogP contribution in [-0.2, 0) is 6.61 Å². The van der Waals surface area contributed by atoms with Crippen LogP contribution in [0.4, 0.5) is 4.39 Å². The van der Waals surface area contributed by atoms with E-state index in [1.54, 1.807) is 6.07 Å². The minimum absolute atomic E-state index is 0.224. The summed E-state index contributed by atoms with van der Waals surface area (Å²) in [5, 5.41) is 9.50. The van der Waals surface area contributed by atoms with Crippen molar-refractivity contribution in [3.8, 4) is 5.75 Å². The molecule has 5 heteroatoms. The SMILES string of the molecule is CC(C)[Si](Oc1cc(Br)c(F)cc1CO)(C(C)C)C(C)C. The van der Waals surface area contributed by atoms with E-state index in [-0.39, 0.29) is 12.4 Å². The molecular weight excluding hydrogens is 351 g/mol. The van der Waals surface area contributed by atoms with Crippen molar-refractivity contribution in [3.05, 3.63) is 28.0 Å². The monoisotopic (exact) mass is 376 g/mol. The number of hydrogen-bond donors (Lipinski definition) is 1. The molecule has 21 heavy (non-hydrogen) atoms. The second-order valence-electron chi connectivity index (χ2n) is 6.45. The van der Waals surface area contributed by atoms with Gasteiger partial charge in [0, 0.05) is 5.56 Å². The molecule has 2 nitrogen and oxygen atoms in total. The average Bonchev–Trinajstić information content (AvgIpc) is 2.38. The first-order valence-electron chi connectivity index (χ1n) is 7.44. The first-order chi connectivity index (χ1) is 9.66. The van der Waals surface area contributed by atoms with Crippen LogP contribution < -0.4 is 4.43 Å². The van der Waals surface area contributed by atoms with Crippen LogP contribution >= 0.6 is 15.9 Å². The number of halogens is 2. The molecule has 0 aliphatic rings. The summed E-state index contributed by atoms with van der Waals surface area (Å²) in [5.41, 5.74) is 1.78. The molecule has 0 saturated carbocycles. The second-order valence-corrected chi connectivity index (χ2v) is 12.7. The molecule has 0 bridgehead atoms. The van der Waals surface area contributed by atoms with Gasteiger partial charge >= 0.3 is 0 Å². The Hall–Kier alpha value is -0.393. The molecule has 120 valence electrons. The van der Waals surface area contributed by atoms with Gasteiger partial charge < -0.3 is 9.53 Å². The highest BCUT2D eigenvalue weighted by atomic mass is 79.9. The fourth-order valence-electron chi connectivity index (χ4n) is 3.33. The van der Waals surface area contributed by atoms with E-state index in [1.807, 2.05) is 0 Å². The lowest BCUT2D eigenvalue weighted by Crippen LogP contribution is -2.50. The molecule has 0 radical (unpaired) electrons. The van der Waals surface area contributed by atoms with Crippen molar-refractivity contribution in [2.45, 2.75) is 64.8 Å². The summed E-state index contributed by atoms with van der Waals surface area (Å²) < 4.78 is 20.5. The molecule has 0 fully saturated rings. The average molecular weight is 377 g/mol. The van der Waals surface area contributed by atoms with Crippen LogP contribution in [0.25, 0.3) is 0 Å². The molecule has 0 atom stereocenters. The summed E-state index contributed by atoms with van der Waals surface area (Å²) >= 11 is 3.21. The van der Waals surface area contributed by atoms with Gasteiger partial charge in [-0.25, -0.2) is 4.39 Å². The lowest BCUT2D eigenvalue weighted by molar-refractivity contribution is 0.276. The van der Waals surface area contributed by atoms with E-state index in [0.717, 1.165) is 0 Å². The molecule has 0 heterocycles.